The van der Waals surface area contributed by atoms with E-state index >= 15 is 0 Å². The molecule has 1 aromatic rings. The molecule has 0 radical (unpaired) electrons. The first-order valence-corrected chi connectivity index (χ1v) is 7.36. The van der Waals surface area contributed by atoms with Gasteiger partial charge in [0.15, 0.2) is 0 Å². The third-order valence-corrected chi connectivity index (χ3v) is 3.36. The van der Waals surface area contributed by atoms with E-state index in [2.05, 4.69) is 12.2 Å². The van der Waals surface area contributed by atoms with Crippen LogP contribution in [0.5, 0.6) is 0 Å². The maximum absolute atomic E-state index is 12.3. The molecule has 5 heteroatoms. The van der Waals surface area contributed by atoms with Crippen LogP contribution in [0.15, 0.2) is 24.3 Å². The first-order valence-electron chi connectivity index (χ1n) is 7.36. The standard InChI is InChI=1S/C16H24N2O3/c1-4-8-13-9-6-7-10-14(13)17-16(21)18(5-2)11-12(3)15(19)20/h6-7,9-10,12H,4-5,8,11H2,1-3H3,(H,17,21)(H,19,20). The third-order valence-electron chi connectivity index (χ3n) is 3.36. The quantitative estimate of drug-likeness (QED) is 0.810. The van der Waals surface area contributed by atoms with Crippen LogP contribution in [-0.4, -0.2) is 35.1 Å². The summed E-state index contributed by atoms with van der Waals surface area (Å²) < 4.78 is 0. The molecule has 0 bridgehead atoms. The number of hydrogen-bond donors (Lipinski definition) is 2. The van der Waals surface area contributed by atoms with E-state index in [1.54, 1.807) is 6.92 Å². The predicted molar refractivity (Wildman–Crippen MR) is 83.5 cm³/mol. The molecule has 0 aliphatic carbocycles. The zero-order valence-corrected chi connectivity index (χ0v) is 12.9. The number of hydrogen-bond acceptors (Lipinski definition) is 2. The van der Waals surface area contributed by atoms with Crippen LogP contribution in [0.4, 0.5) is 10.5 Å². The van der Waals surface area contributed by atoms with Gasteiger partial charge in [-0.15, -0.1) is 0 Å². The molecular weight excluding hydrogens is 268 g/mol. The van der Waals surface area contributed by atoms with Crippen molar-refractivity contribution in [3.05, 3.63) is 29.8 Å². The first kappa shape index (κ1) is 17.0. The molecule has 21 heavy (non-hydrogen) atoms. The molecule has 116 valence electrons. The zero-order valence-electron chi connectivity index (χ0n) is 12.9. The summed E-state index contributed by atoms with van der Waals surface area (Å²) in [5, 5.41) is 11.8. The van der Waals surface area contributed by atoms with Gasteiger partial charge in [0.1, 0.15) is 0 Å². The minimum absolute atomic E-state index is 0.202. The monoisotopic (exact) mass is 292 g/mol. The first-order chi connectivity index (χ1) is 9.99. The molecule has 2 N–H and O–H groups in total. The molecule has 0 saturated carbocycles. The lowest BCUT2D eigenvalue weighted by Gasteiger charge is -2.24. The summed E-state index contributed by atoms with van der Waals surface area (Å²) in [6.07, 6.45) is 1.90. The van der Waals surface area contributed by atoms with Crippen LogP contribution in [0.1, 0.15) is 32.8 Å². The van der Waals surface area contributed by atoms with Crippen LogP contribution < -0.4 is 5.32 Å². The summed E-state index contributed by atoms with van der Waals surface area (Å²) in [4.78, 5) is 24.7. The van der Waals surface area contributed by atoms with Crippen molar-refractivity contribution in [2.45, 2.75) is 33.6 Å². The Hall–Kier alpha value is -2.04. The second-order valence-electron chi connectivity index (χ2n) is 5.12. The van der Waals surface area contributed by atoms with E-state index in [9.17, 15) is 9.59 Å². The summed E-state index contributed by atoms with van der Waals surface area (Å²) in [5.74, 6) is -1.48. The van der Waals surface area contributed by atoms with Crippen molar-refractivity contribution in [2.75, 3.05) is 18.4 Å². The number of rotatable bonds is 7. The normalized spacial score (nSPS) is 11.8. The Bertz CT molecular complexity index is 488. The number of nitrogens with one attached hydrogen (secondary N) is 1. The van der Waals surface area contributed by atoms with Gasteiger partial charge < -0.3 is 15.3 Å². The van der Waals surface area contributed by atoms with Crippen LogP contribution in [0.2, 0.25) is 0 Å². The van der Waals surface area contributed by atoms with E-state index < -0.39 is 11.9 Å². The Morgan fingerprint density at radius 3 is 2.52 bits per heavy atom. The van der Waals surface area contributed by atoms with Gasteiger partial charge in [0, 0.05) is 18.8 Å². The van der Waals surface area contributed by atoms with Crippen molar-refractivity contribution < 1.29 is 14.7 Å². The minimum atomic E-state index is -0.896. The van der Waals surface area contributed by atoms with Crippen molar-refractivity contribution >= 4 is 17.7 Å². The largest absolute Gasteiger partial charge is 0.481 e. The van der Waals surface area contributed by atoms with Crippen LogP contribution in [0.3, 0.4) is 0 Å². The summed E-state index contributed by atoms with van der Waals surface area (Å²) in [6, 6.07) is 7.44. The van der Waals surface area contributed by atoms with Gasteiger partial charge in [0.2, 0.25) is 0 Å². The van der Waals surface area contributed by atoms with E-state index in [0.29, 0.717) is 6.54 Å². The molecule has 0 aliphatic heterocycles. The number of amides is 2. The molecule has 2 amide bonds. The van der Waals surface area contributed by atoms with E-state index in [4.69, 9.17) is 5.11 Å². The summed E-state index contributed by atoms with van der Waals surface area (Å²) in [5.41, 5.74) is 1.89. The smallest absolute Gasteiger partial charge is 0.321 e. The van der Waals surface area contributed by atoms with Gasteiger partial charge in [-0.05, 0) is 25.0 Å². The van der Waals surface area contributed by atoms with Gasteiger partial charge in [0.25, 0.3) is 0 Å². The van der Waals surface area contributed by atoms with Crippen molar-refractivity contribution in [2.24, 2.45) is 5.92 Å². The minimum Gasteiger partial charge on any atom is -0.481 e. The molecule has 0 spiro atoms. The van der Waals surface area contributed by atoms with Crippen molar-refractivity contribution in [3.63, 3.8) is 0 Å². The molecule has 0 fully saturated rings. The third kappa shape index (κ3) is 5.10. The second kappa shape index (κ2) is 8.29. The highest BCUT2D eigenvalue weighted by molar-refractivity contribution is 5.90. The van der Waals surface area contributed by atoms with Crippen molar-refractivity contribution in [1.29, 1.82) is 0 Å². The van der Waals surface area contributed by atoms with Crippen LogP contribution in [0, 0.1) is 5.92 Å². The van der Waals surface area contributed by atoms with Gasteiger partial charge in [-0.25, -0.2) is 4.79 Å². The second-order valence-corrected chi connectivity index (χ2v) is 5.12. The van der Waals surface area contributed by atoms with Crippen LogP contribution >= 0.6 is 0 Å². The summed E-state index contributed by atoms with van der Waals surface area (Å²) >= 11 is 0. The number of carbonyl (C=O) groups excluding carboxylic acids is 1. The fraction of sp³-hybridized carbons (Fsp3) is 0.500. The number of carboxylic acid groups (broad SMARTS) is 1. The number of carboxylic acids is 1. The molecule has 1 rings (SSSR count). The van der Waals surface area contributed by atoms with Crippen molar-refractivity contribution in [1.82, 2.24) is 4.90 Å². The Morgan fingerprint density at radius 1 is 1.29 bits per heavy atom. The number of urea groups is 1. The Kier molecular flexibility index (Phi) is 6.72. The Labute approximate surface area is 126 Å². The van der Waals surface area contributed by atoms with Crippen molar-refractivity contribution in [3.8, 4) is 0 Å². The van der Waals surface area contributed by atoms with Crippen LogP contribution in [0.25, 0.3) is 0 Å². The van der Waals surface area contributed by atoms with Gasteiger partial charge in [-0.1, -0.05) is 38.5 Å². The topological polar surface area (TPSA) is 69.6 Å². The highest BCUT2D eigenvalue weighted by Crippen LogP contribution is 2.17. The van der Waals surface area contributed by atoms with E-state index in [0.717, 1.165) is 24.1 Å². The van der Waals surface area contributed by atoms with Gasteiger partial charge >= 0.3 is 12.0 Å². The number of carbonyl (C=O) groups is 2. The lowest BCUT2D eigenvalue weighted by molar-refractivity contribution is -0.141. The average Bonchev–Trinajstić information content (AvgIpc) is 2.46. The molecular formula is C16H24N2O3. The number of nitrogens with zero attached hydrogens (tertiary/aromatic N) is 1. The Morgan fingerprint density at radius 2 is 1.95 bits per heavy atom. The molecule has 1 unspecified atom stereocenters. The van der Waals surface area contributed by atoms with E-state index in [1.807, 2.05) is 31.2 Å². The van der Waals surface area contributed by atoms with E-state index in [1.165, 1.54) is 4.90 Å². The number of aryl methyl sites for hydroxylation is 1. The molecule has 0 aliphatic rings. The highest BCUT2D eigenvalue weighted by Gasteiger charge is 2.19. The fourth-order valence-electron chi connectivity index (χ4n) is 2.09. The lowest BCUT2D eigenvalue weighted by atomic mass is 10.1. The molecule has 0 saturated heterocycles. The predicted octanol–water partition coefficient (Wildman–Crippen LogP) is 3.21. The maximum Gasteiger partial charge on any atom is 0.321 e. The van der Waals surface area contributed by atoms with Gasteiger partial charge in [0.05, 0.1) is 5.92 Å². The molecule has 1 atom stereocenters. The number of benzene rings is 1. The SMILES string of the molecule is CCCc1ccccc1NC(=O)N(CC)CC(C)C(=O)O. The Balaban J connectivity index is 2.76. The lowest BCUT2D eigenvalue weighted by Crippen LogP contribution is -2.39. The number of anilines is 1. The fourth-order valence-corrected chi connectivity index (χ4v) is 2.09. The average molecular weight is 292 g/mol. The molecule has 0 aromatic heterocycles. The zero-order chi connectivity index (χ0) is 15.8. The molecule has 1 aromatic carbocycles. The van der Waals surface area contributed by atoms with Gasteiger partial charge in [-0.3, -0.25) is 4.79 Å². The molecule has 0 heterocycles. The number of aliphatic carboxylic acids is 1. The number of para-hydroxylation sites is 1. The van der Waals surface area contributed by atoms with Crippen LogP contribution in [-0.2, 0) is 11.2 Å². The van der Waals surface area contributed by atoms with Gasteiger partial charge in [-0.2, -0.15) is 0 Å². The van der Waals surface area contributed by atoms with E-state index in [-0.39, 0.29) is 12.6 Å². The molecule has 5 nitrogen and oxygen atoms in total. The maximum atomic E-state index is 12.3. The summed E-state index contributed by atoms with van der Waals surface area (Å²) in [6.45, 7) is 6.20. The summed E-state index contributed by atoms with van der Waals surface area (Å²) in [7, 11) is 0. The highest BCUT2D eigenvalue weighted by atomic mass is 16.4.